The maximum atomic E-state index is 12.1. The molecule has 0 aromatic carbocycles. The standard InChI is InChI=1S/C11H10N6O2S2/c1-7-5-12-10(21-7)13-8(18)6-16-11(19)17(15-14-16)9-3-2-4-20-9/h2-5H,6H2,1H3,(H,12,13,18). The van der Waals surface area contributed by atoms with Crippen LogP contribution >= 0.6 is 22.7 Å². The minimum Gasteiger partial charge on any atom is -0.300 e. The number of carbonyl (C=O) groups excluding carboxylic acids is 1. The molecule has 0 saturated heterocycles. The minimum atomic E-state index is -0.456. The van der Waals surface area contributed by atoms with Crippen LogP contribution in [-0.2, 0) is 11.3 Å². The Bertz CT molecular complexity index is 816. The van der Waals surface area contributed by atoms with Crippen molar-refractivity contribution < 1.29 is 4.79 Å². The summed E-state index contributed by atoms with van der Waals surface area (Å²) in [6.07, 6.45) is 1.67. The van der Waals surface area contributed by atoms with Gasteiger partial charge >= 0.3 is 5.69 Å². The van der Waals surface area contributed by atoms with Crippen molar-refractivity contribution in [3.8, 4) is 5.00 Å². The van der Waals surface area contributed by atoms with E-state index in [1.54, 1.807) is 12.3 Å². The van der Waals surface area contributed by atoms with Crippen LogP contribution in [0.3, 0.4) is 0 Å². The zero-order valence-electron chi connectivity index (χ0n) is 10.9. The Hall–Kier alpha value is -2.33. The van der Waals surface area contributed by atoms with Gasteiger partial charge in [0.1, 0.15) is 11.5 Å². The van der Waals surface area contributed by atoms with Crippen LogP contribution in [0.5, 0.6) is 0 Å². The average Bonchev–Trinajstić information content (AvgIpc) is 3.14. The maximum Gasteiger partial charge on any atom is 0.369 e. The highest BCUT2D eigenvalue weighted by Crippen LogP contribution is 2.16. The molecule has 0 aliphatic rings. The first-order valence-electron chi connectivity index (χ1n) is 5.92. The van der Waals surface area contributed by atoms with Crippen LogP contribution in [-0.4, -0.2) is 30.7 Å². The van der Waals surface area contributed by atoms with E-state index >= 15 is 0 Å². The second-order valence-electron chi connectivity index (χ2n) is 4.11. The number of hydrogen-bond donors (Lipinski definition) is 1. The van der Waals surface area contributed by atoms with E-state index in [2.05, 4.69) is 20.7 Å². The second-order valence-corrected chi connectivity index (χ2v) is 6.27. The zero-order chi connectivity index (χ0) is 14.8. The summed E-state index contributed by atoms with van der Waals surface area (Å²) in [6, 6.07) is 3.56. The Kier molecular flexibility index (Phi) is 3.62. The molecule has 1 amide bonds. The largest absolute Gasteiger partial charge is 0.369 e. The molecule has 0 unspecified atom stereocenters. The molecule has 0 saturated carbocycles. The van der Waals surface area contributed by atoms with Crippen molar-refractivity contribution in [2.75, 3.05) is 5.32 Å². The van der Waals surface area contributed by atoms with Crippen molar-refractivity contribution in [3.63, 3.8) is 0 Å². The van der Waals surface area contributed by atoms with E-state index in [9.17, 15) is 9.59 Å². The van der Waals surface area contributed by atoms with E-state index in [-0.39, 0.29) is 12.5 Å². The molecular formula is C11H10N6O2S2. The summed E-state index contributed by atoms with van der Waals surface area (Å²) in [5, 5.41) is 13.1. The third-order valence-corrected chi connectivity index (χ3v) is 4.19. The van der Waals surface area contributed by atoms with Crippen molar-refractivity contribution in [1.29, 1.82) is 0 Å². The fraction of sp³-hybridized carbons (Fsp3) is 0.182. The Balaban J connectivity index is 1.74. The highest BCUT2D eigenvalue weighted by molar-refractivity contribution is 7.15. The number of rotatable bonds is 4. The van der Waals surface area contributed by atoms with E-state index in [0.717, 1.165) is 14.2 Å². The molecule has 3 aromatic heterocycles. The quantitative estimate of drug-likeness (QED) is 0.770. The monoisotopic (exact) mass is 322 g/mol. The Labute approximate surface area is 126 Å². The smallest absolute Gasteiger partial charge is 0.300 e. The number of amides is 1. The summed E-state index contributed by atoms with van der Waals surface area (Å²) in [5.74, 6) is -0.371. The van der Waals surface area contributed by atoms with Crippen molar-refractivity contribution in [1.82, 2.24) is 24.8 Å². The number of anilines is 1. The van der Waals surface area contributed by atoms with Crippen molar-refractivity contribution in [2.45, 2.75) is 13.5 Å². The summed E-state index contributed by atoms with van der Waals surface area (Å²) in [4.78, 5) is 29.0. The van der Waals surface area contributed by atoms with Gasteiger partial charge in [0.2, 0.25) is 5.91 Å². The highest BCUT2D eigenvalue weighted by Gasteiger charge is 2.13. The number of tetrazole rings is 1. The molecule has 0 bridgehead atoms. The summed E-state index contributed by atoms with van der Waals surface area (Å²) in [6.45, 7) is 1.69. The number of thiophene rings is 1. The molecular weight excluding hydrogens is 312 g/mol. The van der Waals surface area contributed by atoms with Crippen LogP contribution < -0.4 is 11.0 Å². The predicted molar refractivity (Wildman–Crippen MR) is 79.0 cm³/mol. The Morgan fingerprint density at radius 3 is 2.95 bits per heavy atom. The van der Waals surface area contributed by atoms with Crippen LogP contribution in [0.4, 0.5) is 5.13 Å². The number of aromatic nitrogens is 5. The Morgan fingerprint density at radius 2 is 2.29 bits per heavy atom. The highest BCUT2D eigenvalue weighted by atomic mass is 32.1. The van der Waals surface area contributed by atoms with Gasteiger partial charge in [-0.1, -0.05) is 0 Å². The molecule has 108 valence electrons. The van der Waals surface area contributed by atoms with E-state index in [1.165, 1.54) is 22.7 Å². The van der Waals surface area contributed by atoms with Crippen LogP contribution in [0.15, 0.2) is 28.5 Å². The zero-order valence-corrected chi connectivity index (χ0v) is 12.5. The minimum absolute atomic E-state index is 0.206. The van der Waals surface area contributed by atoms with Gasteiger partial charge in [0.25, 0.3) is 0 Å². The number of nitrogens with zero attached hydrogens (tertiary/aromatic N) is 5. The number of carbonyl (C=O) groups is 1. The number of aryl methyl sites for hydroxylation is 1. The molecule has 0 fully saturated rings. The topological polar surface area (TPSA) is 94.7 Å². The number of nitrogens with one attached hydrogen (secondary N) is 1. The molecule has 1 N–H and O–H groups in total. The van der Waals surface area contributed by atoms with Gasteiger partial charge in [-0.3, -0.25) is 4.79 Å². The van der Waals surface area contributed by atoms with Gasteiger partial charge in [-0.15, -0.1) is 22.7 Å². The summed E-state index contributed by atoms with van der Waals surface area (Å²) >= 11 is 2.73. The van der Waals surface area contributed by atoms with E-state index < -0.39 is 5.69 Å². The number of thiazole rings is 1. The van der Waals surface area contributed by atoms with Crippen LogP contribution in [0.25, 0.3) is 5.00 Å². The first-order chi connectivity index (χ1) is 10.1. The lowest BCUT2D eigenvalue weighted by molar-refractivity contribution is -0.117. The van der Waals surface area contributed by atoms with Crippen molar-refractivity contribution in [2.24, 2.45) is 0 Å². The molecule has 8 nitrogen and oxygen atoms in total. The Morgan fingerprint density at radius 1 is 1.43 bits per heavy atom. The van der Waals surface area contributed by atoms with E-state index in [1.807, 2.05) is 18.4 Å². The first-order valence-corrected chi connectivity index (χ1v) is 7.62. The average molecular weight is 322 g/mol. The molecule has 0 radical (unpaired) electrons. The van der Waals surface area contributed by atoms with Crippen LogP contribution in [0.2, 0.25) is 0 Å². The lowest BCUT2D eigenvalue weighted by Gasteiger charge is -1.99. The molecule has 10 heteroatoms. The predicted octanol–water partition coefficient (Wildman–Crippen LogP) is 0.894. The van der Waals surface area contributed by atoms with Gasteiger partial charge in [0.15, 0.2) is 5.13 Å². The van der Waals surface area contributed by atoms with E-state index in [0.29, 0.717) is 10.1 Å². The molecule has 0 atom stereocenters. The first kappa shape index (κ1) is 13.6. The summed E-state index contributed by atoms with van der Waals surface area (Å²) < 4.78 is 2.17. The van der Waals surface area contributed by atoms with Gasteiger partial charge in [-0.2, -0.15) is 9.36 Å². The van der Waals surface area contributed by atoms with Gasteiger partial charge in [-0.25, -0.2) is 9.78 Å². The third-order valence-electron chi connectivity index (χ3n) is 2.52. The summed E-state index contributed by atoms with van der Waals surface area (Å²) in [7, 11) is 0. The number of hydrogen-bond acceptors (Lipinski definition) is 7. The molecule has 0 spiro atoms. The van der Waals surface area contributed by atoms with Gasteiger partial charge in [-0.05, 0) is 34.9 Å². The normalized spacial score (nSPS) is 10.7. The molecule has 3 aromatic rings. The third kappa shape index (κ3) is 2.90. The fourth-order valence-corrected chi connectivity index (χ4v) is 2.96. The van der Waals surface area contributed by atoms with Crippen LogP contribution in [0.1, 0.15) is 4.88 Å². The SMILES string of the molecule is Cc1cnc(NC(=O)Cn2nnn(-c3cccs3)c2=O)s1. The van der Waals surface area contributed by atoms with E-state index in [4.69, 9.17) is 0 Å². The molecule has 3 heterocycles. The molecule has 0 aliphatic heterocycles. The molecule has 0 aliphatic carbocycles. The van der Waals surface area contributed by atoms with Crippen molar-refractivity contribution >= 4 is 33.7 Å². The molecule has 21 heavy (non-hydrogen) atoms. The van der Waals surface area contributed by atoms with Gasteiger partial charge in [0, 0.05) is 11.1 Å². The summed E-state index contributed by atoms with van der Waals surface area (Å²) in [5.41, 5.74) is -0.456. The lowest BCUT2D eigenvalue weighted by Crippen LogP contribution is -2.29. The lowest BCUT2D eigenvalue weighted by atomic mass is 10.6. The molecule has 3 rings (SSSR count). The van der Waals surface area contributed by atoms with Crippen LogP contribution in [0, 0.1) is 6.92 Å². The van der Waals surface area contributed by atoms with Crippen molar-refractivity contribution in [3.05, 3.63) is 39.1 Å². The second kappa shape index (κ2) is 5.58. The fourth-order valence-electron chi connectivity index (χ4n) is 1.61. The van der Waals surface area contributed by atoms with Gasteiger partial charge in [0.05, 0.1) is 0 Å². The maximum absolute atomic E-state index is 12.1. The van der Waals surface area contributed by atoms with Gasteiger partial charge < -0.3 is 5.32 Å².